The Morgan fingerprint density at radius 1 is 1.05 bits per heavy atom. The fraction of sp³-hybridized carbons (Fsp3) is 0.0556. The second kappa shape index (κ2) is 6.51. The normalized spacial score (nSPS) is 10.6. The predicted molar refractivity (Wildman–Crippen MR) is 92.4 cm³/mol. The molecule has 0 unspecified atom stereocenters. The fourth-order valence-electron chi connectivity index (χ4n) is 2.32. The summed E-state index contributed by atoms with van der Waals surface area (Å²) in [5.41, 5.74) is 0.941. The van der Waals surface area contributed by atoms with Gasteiger partial charge < -0.3 is 4.74 Å². The van der Waals surface area contributed by atoms with Crippen molar-refractivity contribution in [1.29, 1.82) is 0 Å². The van der Waals surface area contributed by atoms with Crippen LogP contribution in [0, 0.1) is 0 Å². The molecule has 110 valence electrons. The second-order valence-corrected chi connectivity index (χ2v) is 6.19. The summed E-state index contributed by atoms with van der Waals surface area (Å²) in [6.45, 7) is 0. The van der Waals surface area contributed by atoms with Gasteiger partial charge in [-0.25, -0.2) is 0 Å². The fourth-order valence-corrected chi connectivity index (χ4v) is 3.03. The molecular formula is C18H12BrClO2. The summed E-state index contributed by atoms with van der Waals surface area (Å²) in [5.74, 6) is 0.0377. The van der Waals surface area contributed by atoms with Crippen molar-refractivity contribution in [2.75, 3.05) is 0 Å². The van der Waals surface area contributed by atoms with Gasteiger partial charge in [0.1, 0.15) is 5.75 Å². The van der Waals surface area contributed by atoms with Crippen LogP contribution in [0.4, 0.5) is 0 Å². The number of hydrogen-bond donors (Lipinski definition) is 0. The number of hydrogen-bond acceptors (Lipinski definition) is 2. The van der Waals surface area contributed by atoms with Gasteiger partial charge in [-0.1, -0.05) is 70.0 Å². The van der Waals surface area contributed by atoms with E-state index in [1.54, 1.807) is 18.2 Å². The number of halogens is 2. The Kier molecular flexibility index (Phi) is 4.46. The van der Waals surface area contributed by atoms with Gasteiger partial charge in [0.05, 0.1) is 11.4 Å². The first-order valence-corrected chi connectivity index (χ1v) is 7.93. The lowest BCUT2D eigenvalue weighted by atomic mass is 10.0. The lowest BCUT2D eigenvalue weighted by Gasteiger charge is -2.08. The maximum absolute atomic E-state index is 12.2. The first-order chi connectivity index (χ1) is 10.6. The number of benzene rings is 3. The van der Waals surface area contributed by atoms with Crippen molar-refractivity contribution in [2.24, 2.45) is 0 Å². The largest absolute Gasteiger partial charge is 0.425 e. The van der Waals surface area contributed by atoms with E-state index < -0.39 is 0 Å². The molecule has 3 aromatic rings. The summed E-state index contributed by atoms with van der Waals surface area (Å²) in [6.07, 6.45) is 0.202. The maximum atomic E-state index is 12.2. The van der Waals surface area contributed by atoms with Gasteiger partial charge in [0.15, 0.2) is 0 Å². The third-order valence-corrected chi connectivity index (χ3v) is 4.12. The molecular weight excluding hydrogens is 364 g/mol. The molecule has 0 saturated carbocycles. The van der Waals surface area contributed by atoms with Crippen LogP contribution in [-0.4, -0.2) is 5.97 Å². The molecule has 3 rings (SSSR count). The van der Waals surface area contributed by atoms with Crippen molar-refractivity contribution in [3.05, 3.63) is 75.7 Å². The molecule has 0 fully saturated rings. The summed E-state index contributed by atoms with van der Waals surface area (Å²) < 4.78 is 6.20. The number of ether oxygens (including phenoxy) is 1. The van der Waals surface area contributed by atoms with Crippen LogP contribution in [-0.2, 0) is 11.2 Å². The molecule has 0 saturated heterocycles. The molecule has 0 atom stereocenters. The quantitative estimate of drug-likeness (QED) is 0.452. The number of carbonyl (C=O) groups is 1. The summed E-state index contributed by atoms with van der Waals surface area (Å²) in [6, 6.07) is 19.0. The van der Waals surface area contributed by atoms with Crippen molar-refractivity contribution < 1.29 is 9.53 Å². The Bertz CT molecular complexity index is 840. The molecule has 0 aliphatic carbocycles. The Labute approximate surface area is 141 Å². The Hall–Kier alpha value is -1.84. The van der Waals surface area contributed by atoms with Crippen LogP contribution in [0.25, 0.3) is 10.8 Å². The molecule has 0 N–H and O–H groups in total. The third-order valence-electron chi connectivity index (χ3n) is 3.33. The van der Waals surface area contributed by atoms with E-state index in [1.165, 1.54) is 0 Å². The van der Waals surface area contributed by atoms with Gasteiger partial charge in [0, 0.05) is 4.47 Å². The molecule has 4 heteroatoms. The average Bonchev–Trinajstić information content (AvgIpc) is 2.50. The van der Waals surface area contributed by atoms with E-state index in [9.17, 15) is 4.79 Å². The summed E-state index contributed by atoms with van der Waals surface area (Å²) in [5, 5.41) is 2.57. The molecule has 0 aromatic heterocycles. The number of esters is 1. The van der Waals surface area contributed by atoms with E-state index in [4.69, 9.17) is 16.3 Å². The van der Waals surface area contributed by atoms with Crippen molar-refractivity contribution in [1.82, 2.24) is 0 Å². The third kappa shape index (κ3) is 3.32. The molecule has 0 spiro atoms. The highest BCUT2D eigenvalue weighted by atomic mass is 79.9. The van der Waals surface area contributed by atoms with E-state index in [2.05, 4.69) is 15.9 Å². The van der Waals surface area contributed by atoms with Gasteiger partial charge >= 0.3 is 5.97 Å². The molecule has 0 heterocycles. The lowest BCUT2D eigenvalue weighted by Crippen LogP contribution is -2.11. The van der Waals surface area contributed by atoms with Gasteiger partial charge in [-0.15, -0.1) is 0 Å². The van der Waals surface area contributed by atoms with Crippen LogP contribution >= 0.6 is 27.5 Å². The van der Waals surface area contributed by atoms with Gasteiger partial charge in [0.2, 0.25) is 0 Å². The van der Waals surface area contributed by atoms with E-state index >= 15 is 0 Å². The van der Waals surface area contributed by atoms with Crippen LogP contribution < -0.4 is 4.74 Å². The van der Waals surface area contributed by atoms with Crippen molar-refractivity contribution in [2.45, 2.75) is 6.42 Å². The minimum absolute atomic E-state index is 0.202. The van der Waals surface area contributed by atoms with E-state index in [0.717, 1.165) is 20.8 Å². The van der Waals surface area contributed by atoms with Crippen molar-refractivity contribution >= 4 is 44.3 Å². The van der Waals surface area contributed by atoms with Crippen LogP contribution in [0.1, 0.15) is 5.56 Å². The standard InChI is InChI=1S/C18H12BrClO2/c19-14-8-9-17(16(20)11-14)22-18(21)10-13-6-3-5-12-4-1-2-7-15(12)13/h1-9,11H,10H2. The van der Waals surface area contributed by atoms with E-state index in [0.29, 0.717) is 10.8 Å². The Balaban J connectivity index is 1.81. The highest BCUT2D eigenvalue weighted by Crippen LogP contribution is 2.28. The van der Waals surface area contributed by atoms with Gasteiger partial charge in [-0.3, -0.25) is 4.79 Å². The molecule has 22 heavy (non-hydrogen) atoms. The van der Waals surface area contributed by atoms with Crippen molar-refractivity contribution in [3.63, 3.8) is 0 Å². The summed E-state index contributed by atoms with van der Waals surface area (Å²) in [7, 11) is 0. The summed E-state index contributed by atoms with van der Waals surface area (Å²) >= 11 is 9.38. The molecule has 3 aromatic carbocycles. The number of fused-ring (bicyclic) bond motifs is 1. The summed E-state index contributed by atoms with van der Waals surface area (Å²) in [4.78, 5) is 12.2. The van der Waals surface area contributed by atoms with Crippen molar-refractivity contribution in [3.8, 4) is 5.75 Å². The molecule has 0 radical (unpaired) electrons. The maximum Gasteiger partial charge on any atom is 0.315 e. The zero-order chi connectivity index (χ0) is 15.5. The topological polar surface area (TPSA) is 26.3 Å². The SMILES string of the molecule is O=C(Cc1cccc2ccccc12)Oc1ccc(Br)cc1Cl. The second-order valence-electron chi connectivity index (χ2n) is 4.86. The molecule has 0 amide bonds. The zero-order valence-electron chi connectivity index (χ0n) is 11.6. The number of carbonyl (C=O) groups excluding carboxylic acids is 1. The van der Waals surface area contributed by atoms with Crippen LogP contribution in [0.5, 0.6) is 5.75 Å². The predicted octanol–water partition coefficient (Wildman–Crippen LogP) is 5.40. The van der Waals surface area contributed by atoms with Crippen LogP contribution in [0.3, 0.4) is 0 Å². The van der Waals surface area contributed by atoms with Crippen LogP contribution in [0.15, 0.2) is 65.1 Å². The monoisotopic (exact) mass is 374 g/mol. The van der Waals surface area contributed by atoms with E-state index in [-0.39, 0.29) is 12.4 Å². The average molecular weight is 376 g/mol. The molecule has 0 aliphatic rings. The van der Waals surface area contributed by atoms with Gasteiger partial charge in [0.25, 0.3) is 0 Å². The highest BCUT2D eigenvalue weighted by Gasteiger charge is 2.11. The number of rotatable bonds is 3. The minimum atomic E-state index is -0.333. The first kappa shape index (κ1) is 15.1. The Morgan fingerprint density at radius 2 is 1.82 bits per heavy atom. The Morgan fingerprint density at radius 3 is 2.64 bits per heavy atom. The lowest BCUT2D eigenvalue weighted by molar-refractivity contribution is -0.133. The van der Waals surface area contributed by atoms with Gasteiger partial charge in [-0.05, 0) is 34.5 Å². The molecule has 0 bridgehead atoms. The van der Waals surface area contributed by atoms with E-state index in [1.807, 2.05) is 42.5 Å². The smallest absolute Gasteiger partial charge is 0.315 e. The highest BCUT2D eigenvalue weighted by molar-refractivity contribution is 9.10. The minimum Gasteiger partial charge on any atom is -0.425 e. The van der Waals surface area contributed by atoms with Gasteiger partial charge in [-0.2, -0.15) is 0 Å². The zero-order valence-corrected chi connectivity index (χ0v) is 13.9. The van der Waals surface area contributed by atoms with Crippen LogP contribution in [0.2, 0.25) is 5.02 Å². The first-order valence-electron chi connectivity index (χ1n) is 6.76. The molecule has 0 aliphatic heterocycles. The molecule has 2 nitrogen and oxygen atoms in total.